The molecule has 2 aromatic rings. The lowest BCUT2D eigenvalue weighted by molar-refractivity contribution is -0.149. The van der Waals surface area contributed by atoms with Crippen molar-refractivity contribution < 1.29 is 14.3 Å². The van der Waals surface area contributed by atoms with Crippen LogP contribution in [0.15, 0.2) is 54.6 Å². The second-order valence-electron chi connectivity index (χ2n) is 6.38. The summed E-state index contributed by atoms with van der Waals surface area (Å²) in [7, 11) is 0. The molecule has 0 radical (unpaired) electrons. The number of para-hydroxylation sites is 2. The van der Waals surface area contributed by atoms with Gasteiger partial charge in [0.1, 0.15) is 0 Å². The molecule has 1 N–H and O–H groups in total. The van der Waals surface area contributed by atoms with E-state index in [2.05, 4.69) is 5.32 Å². The fourth-order valence-electron chi connectivity index (χ4n) is 3.24. The van der Waals surface area contributed by atoms with E-state index in [1.807, 2.05) is 54.6 Å². The van der Waals surface area contributed by atoms with Crippen molar-refractivity contribution in [3.05, 3.63) is 60.2 Å². The zero-order valence-electron chi connectivity index (χ0n) is 15.0. The summed E-state index contributed by atoms with van der Waals surface area (Å²) in [6, 6.07) is 17.2. The molecule has 1 fully saturated rings. The number of nitrogens with one attached hydrogen (secondary N) is 1. The van der Waals surface area contributed by atoms with Gasteiger partial charge in [0.2, 0.25) is 0 Å². The van der Waals surface area contributed by atoms with Crippen LogP contribution in [0.3, 0.4) is 0 Å². The van der Waals surface area contributed by atoms with Gasteiger partial charge in [0.05, 0.1) is 23.8 Å². The molecule has 1 atom stereocenters. The highest BCUT2D eigenvalue weighted by Gasteiger charge is 2.30. The number of rotatable bonds is 5. The predicted octanol–water partition coefficient (Wildman–Crippen LogP) is 3.85. The van der Waals surface area contributed by atoms with Crippen LogP contribution in [0.2, 0.25) is 0 Å². The van der Waals surface area contributed by atoms with E-state index in [1.165, 1.54) is 0 Å². The van der Waals surface area contributed by atoms with Crippen molar-refractivity contribution in [2.24, 2.45) is 5.92 Å². The summed E-state index contributed by atoms with van der Waals surface area (Å²) >= 11 is 0. The smallest absolute Gasteiger partial charge is 0.310 e. The Morgan fingerprint density at radius 1 is 1.12 bits per heavy atom. The van der Waals surface area contributed by atoms with Crippen molar-refractivity contribution in [3.63, 3.8) is 0 Å². The largest absolute Gasteiger partial charge is 0.466 e. The van der Waals surface area contributed by atoms with E-state index in [0.717, 1.165) is 24.2 Å². The number of carbonyl (C=O) groups excluding carboxylic acids is 2. The SMILES string of the molecule is CCOC(=O)[C@H]1CCCN(C(=O)c2ccccc2Nc2ccccc2)C1. The Kier molecular flexibility index (Phi) is 5.89. The van der Waals surface area contributed by atoms with Gasteiger partial charge in [0.25, 0.3) is 5.91 Å². The molecular formula is C21H24N2O3. The first kappa shape index (κ1) is 18.0. The maximum Gasteiger partial charge on any atom is 0.310 e. The Labute approximate surface area is 154 Å². The van der Waals surface area contributed by atoms with Crippen LogP contribution < -0.4 is 5.32 Å². The van der Waals surface area contributed by atoms with E-state index in [-0.39, 0.29) is 17.8 Å². The van der Waals surface area contributed by atoms with Gasteiger partial charge in [-0.1, -0.05) is 30.3 Å². The number of anilines is 2. The van der Waals surface area contributed by atoms with Gasteiger partial charge in [-0.2, -0.15) is 0 Å². The topological polar surface area (TPSA) is 58.6 Å². The highest BCUT2D eigenvalue weighted by molar-refractivity contribution is 6.00. The molecule has 5 nitrogen and oxygen atoms in total. The van der Waals surface area contributed by atoms with Crippen LogP contribution in [0.25, 0.3) is 0 Å². The van der Waals surface area contributed by atoms with Gasteiger partial charge < -0.3 is 15.0 Å². The minimum Gasteiger partial charge on any atom is -0.466 e. The molecule has 1 amide bonds. The van der Waals surface area contributed by atoms with Crippen LogP contribution in [0.1, 0.15) is 30.1 Å². The van der Waals surface area contributed by atoms with Crippen LogP contribution >= 0.6 is 0 Å². The monoisotopic (exact) mass is 352 g/mol. The Morgan fingerprint density at radius 2 is 1.85 bits per heavy atom. The van der Waals surface area contributed by atoms with E-state index in [9.17, 15) is 9.59 Å². The summed E-state index contributed by atoms with van der Waals surface area (Å²) in [6.07, 6.45) is 1.58. The minimum absolute atomic E-state index is 0.0574. The third-order valence-electron chi connectivity index (χ3n) is 4.54. The number of piperidine rings is 1. The highest BCUT2D eigenvalue weighted by atomic mass is 16.5. The summed E-state index contributed by atoms with van der Waals surface area (Å²) in [5.74, 6) is -0.499. The summed E-state index contributed by atoms with van der Waals surface area (Å²) in [5, 5.41) is 3.31. The molecule has 1 aliphatic heterocycles. The Bertz CT molecular complexity index is 761. The molecular weight excluding hydrogens is 328 g/mol. The van der Waals surface area contributed by atoms with Crippen LogP contribution in [-0.4, -0.2) is 36.5 Å². The number of benzene rings is 2. The zero-order valence-corrected chi connectivity index (χ0v) is 15.0. The molecule has 3 rings (SSSR count). The maximum atomic E-state index is 13.1. The number of ether oxygens (including phenoxy) is 1. The molecule has 2 aromatic carbocycles. The summed E-state index contributed by atoms with van der Waals surface area (Å²) in [6.45, 7) is 3.24. The van der Waals surface area contributed by atoms with Gasteiger partial charge in [0, 0.05) is 18.8 Å². The highest BCUT2D eigenvalue weighted by Crippen LogP contribution is 2.25. The molecule has 0 spiro atoms. The number of carbonyl (C=O) groups is 2. The maximum absolute atomic E-state index is 13.1. The molecule has 1 heterocycles. The third kappa shape index (κ3) is 4.23. The Morgan fingerprint density at radius 3 is 2.62 bits per heavy atom. The summed E-state index contributed by atoms with van der Waals surface area (Å²) in [5.41, 5.74) is 2.30. The first-order chi connectivity index (χ1) is 12.7. The Balaban J connectivity index is 1.76. The normalized spacial score (nSPS) is 16.8. The first-order valence-corrected chi connectivity index (χ1v) is 9.06. The van der Waals surface area contributed by atoms with E-state index in [0.29, 0.717) is 25.3 Å². The molecule has 0 aromatic heterocycles. The minimum atomic E-state index is -0.234. The fraction of sp³-hybridized carbons (Fsp3) is 0.333. The molecule has 0 aliphatic carbocycles. The molecule has 1 saturated heterocycles. The average Bonchev–Trinajstić information content (AvgIpc) is 2.69. The van der Waals surface area contributed by atoms with Crippen molar-refractivity contribution in [3.8, 4) is 0 Å². The van der Waals surface area contributed by atoms with Gasteiger partial charge in [-0.3, -0.25) is 9.59 Å². The van der Waals surface area contributed by atoms with Gasteiger partial charge in [-0.05, 0) is 44.0 Å². The number of nitrogens with zero attached hydrogens (tertiary/aromatic N) is 1. The summed E-state index contributed by atoms with van der Waals surface area (Å²) < 4.78 is 5.13. The van der Waals surface area contributed by atoms with Crippen molar-refractivity contribution in [1.29, 1.82) is 0 Å². The van der Waals surface area contributed by atoms with Crippen LogP contribution in [-0.2, 0) is 9.53 Å². The number of likely N-dealkylation sites (tertiary alicyclic amines) is 1. The van der Waals surface area contributed by atoms with Crippen molar-refractivity contribution >= 4 is 23.3 Å². The van der Waals surface area contributed by atoms with E-state index in [1.54, 1.807) is 11.8 Å². The molecule has 26 heavy (non-hydrogen) atoms. The standard InChI is InChI=1S/C21H24N2O3/c1-2-26-21(25)16-9-8-14-23(15-16)20(24)18-12-6-7-13-19(18)22-17-10-4-3-5-11-17/h3-7,10-13,16,22H,2,8-9,14-15H2,1H3/t16-/m0/s1. The molecule has 0 saturated carbocycles. The zero-order chi connectivity index (χ0) is 18.4. The van der Waals surface area contributed by atoms with E-state index in [4.69, 9.17) is 4.74 Å². The lowest BCUT2D eigenvalue weighted by atomic mass is 9.97. The molecule has 1 aliphatic rings. The first-order valence-electron chi connectivity index (χ1n) is 9.06. The van der Waals surface area contributed by atoms with Crippen molar-refractivity contribution in [2.45, 2.75) is 19.8 Å². The van der Waals surface area contributed by atoms with Crippen molar-refractivity contribution in [1.82, 2.24) is 4.90 Å². The van der Waals surface area contributed by atoms with Crippen LogP contribution in [0.4, 0.5) is 11.4 Å². The average molecular weight is 352 g/mol. The van der Waals surface area contributed by atoms with E-state index >= 15 is 0 Å². The van der Waals surface area contributed by atoms with Gasteiger partial charge in [-0.25, -0.2) is 0 Å². The quantitative estimate of drug-likeness (QED) is 0.831. The second kappa shape index (κ2) is 8.52. The Hall–Kier alpha value is -2.82. The number of amides is 1. The molecule has 0 unspecified atom stereocenters. The van der Waals surface area contributed by atoms with E-state index < -0.39 is 0 Å². The summed E-state index contributed by atoms with van der Waals surface area (Å²) in [4.78, 5) is 26.9. The third-order valence-corrected chi connectivity index (χ3v) is 4.54. The van der Waals surface area contributed by atoms with Gasteiger partial charge in [-0.15, -0.1) is 0 Å². The van der Waals surface area contributed by atoms with Crippen molar-refractivity contribution in [2.75, 3.05) is 25.0 Å². The second-order valence-corrected chi connectivity index (χ2v) is 6.38. The molecule has 5 heteroatoms. The van der Waals surface area contributed by atoms with Crippen LogP contribution in [0, 0.1) is 5.92 Å². The number of hydrogen-bond acceptors (Lipinski definition) is 4. The number of esters is 1. The number of hydrogen-bond donors (Lipinski definition) is 1. The van der Waals surface area contributed by atoms with Crippen LogP contribution in [0.5, 0.6) is 0 Å². The lowest BCUT2D eigenvalue weighted by Gasteiger charge is -2.32. The molecule has 0 bridgehead atoms. The predicted molar refractivity (Wildman–Crippen MR) is 101 cm³/mol. The molecule has 136 valence electrons. The lowest BCUT2D eigenvalue weighted by Crippen LogP contribution is -2.43. The van der Waals surface area contributed by atoms with Gasteiger partial charge >= 0.3 is 5.97 Å². The fourth-order valence-corrected chi connectivity index (χ4v) is 3.24. The van der Waals surface area contributed by atoms with Gasteiger partial charge in [0.15, 0.2) is 0 Å².